The van der Waals surface area contributed by atoms with Crippen LogP contribution in [0.2, 0.25) is 0 Å². The SMILES string of the molecule is CCCC(O)CNS(=O)(=O)CS(C)(=O)=O. The van der Waals surface area contributed by atoms with Crippen molar-refractivity contribution in [3.63, 3.8) is 0 Å². The van der Waals surface area contributed by atoms with Crippen molar-refractivity contribution in [3.8, 4) is 0 Å². The molecule has 0 aromatic rings. The summed E-state index contributed by atoms with van der Waals surface area (Å²) in [6, 6.07) is 0. The van der Waals surface area contributed by atoms with Gasteiger partial charge in [-0.15, -0.1) is 0 Å². The maximum absolute atomic E-state index is 11.2. The standard InChI is InChI=1S/C7H17NO5S2/c1-3-4-7(9)5-8-15(12,13)6-14(2,10)11/h7-9H,3-6H2,1-2H3. The summed E-state index contributed by atoms with van der Waals surface area (Å²) in [6.07, 6.45) is 1.27. The maximum Gasteiger partial charge on any atom is 0.226 e. The van der Waals surface area contributed by atoms with E-state index in [0.717, 1.165) is 12.7 Å². The van der Waals surface area contributed by atoms with Gasteiger partial charge in [-0.2, -0.15) is 0 Å². The molecule has 0 amide bonds. The normalized spacial score (nSPS) is 15.1. The van der Waals surface area contributed by atoms with Crippen molar-refractivity contribution >= 4 is 19.9 Å². The molecule has 0 aliphatic heterocycles. The van der Waals surface area contributed by atoms with Gasteiger partial charge in [-0.1, -0.05) is 13.3 Å². The van der Waals surface area contributed by atoms with E-state index in [0.29, 0.717) is 6.42 Å². The molecule has 1 unspecified atom stereocenters. The van der Waals surface area contributed by atoms with Crippen molar-refractivity contribution < 1.29 is 21.9 Å². The van der Waals surface area contributed by atoms with E-state index in [1.807, 2.05) is 11.6 Å². The summed E-state index contributed by atoms with van der Waals surface area (Å²) in [5, 5.41) is 8.29. The first-order valence-corrected chi connectivity index (χ1v) is 8.20. The second-order valence-corrected chi connectivity index (χ2v) is 7.76. The van der Waals surface area contributed by atoms with Gasteiger partial charge in [-0.3, -0.25) is 0 Å². The van der Waals surface area contributed by atoms with Gasteiger partial charge in [-0.25, -0.2) is 21.6 Å². The average molecular weight is 259 g/mol. The molecular formula is C7H17NO5S2. The van der Waals surface area contributed by atoms with Crippen molar-refractivity contribution in [2.75, 3.05) is 17.9 Å². The number of aliphatic hydroxyl groups excluding tert-OH is 1. The molecule has 0 aromatic carbocycles. The largest absolute Gasteiger partial charge is 0.392 e. The summed E-state index contributed by atoms with van der Waals surface area (Å²) < 4.78 is 45.8. The number of hydrogen-bond acceptors (Lipinski definition) is 5. The summed E-state index contributed by atoms with van der Waals surface area (Å²) >= 11 is 0. The van der Waals surface area contributed by atoms with E-state index >= 15 is 0 Å². The van der Waals surface area contributed by atoms with Gasteiger partial charge in [0.25, 0.3) is 0 Å². The molecule has 0 rings (SSSR count). The van der Waals surface area contributed by atoms with Crippen LogP contribution in [-0.2, 0) is 19.9 Å². The van der Waals surface area contributed by atoms with Crippen molar-refractivity contribution in [2.24, 2.45) is 0 Å². The second kappa shape index (κ2) is 5.78. The molecule has 0 saturated heterocycles. The summed E-state index contributed by atoms with van der Waals surface area (Å²) in [5.74, 6) is 0. The quantitative estimate of drug-likeness (QED) is 0.615. The molecule has 0 spiro atoms. The van der Waals surface area contributed by atoms with Gasteiger partial charge in [0.2, 0.25) is 10.0 Å². The highest BCUT2D eigenvalue weighted by Gasteiger charge is 2.18. The predicted octanol–water partition coefficient (Wildman–Crippen LogP) is -0.931. The van der Waals surface area contributed by atoms with Crippen molar-refractivity contribution in [2.45, 2.75) is 25.9 Å². The molecule has 0 heterocycles. The van der Waals surface area contributed by atoms with Crippen LogP contribution in [0, 0.1) is 0 Å². The third kappa shape index (κ3) is 8.79. The lowest BCUT2D eigenvalue weighted by Gasteiger charge is -2.10. The van der Waals surface area contributed by atoms with Crippen molar-refractivity contribution in [1.29, 1.82) is 0 Å². The lowest BCUT2D eigenvalue weighted by atomic mass is 10.2. The first kappa shape index (κ1) is 14.8. The fourth-order valence-corrected chi connectivity index (χ4v) is 4.02. The molecule has 2 N–H and O–H groups in total. The zero-order chi connectivity index (χ0) is 12.1. The van der Waals surface area contributed by atoms with Gasteiger partial charge in [0.15, 0.2) is 14.9 Å². The van der Waals surface area contributed by atoms with Crippen LogP contribution in [0.25, 0.3) is 0 Å². The summed E-state index contributed by atoms with van der Waals surface area (Å²) in [4.78, 5) is 0. The van der Waals surface area contributed by atoms with E-state index in [9.17, 15) is 21.9 Å². The highest BCUT2D eigenvalue weighted by molar-refractivity contribution is 8.06. The molecule has 92 valence electrons. The Bertz CT molecular complexity index is 372. The van der Waals surface area contributed by atoms with Crippen LogP contribution < -0.4 is 4.72 Å². The van der Waals surface area contributed by atoms with E-state index in [2.05, 4.69) is 0 Å². The fraction of sp³-hybridized carbons (Fsp3) is 1.00. The minimum atomic E-state index is -3.85. The molecule has 6 nitrogen and oxygen atoms in total. The Morgan fingerprint density at radius 2 is 1.80 bits per heavy atom. The number of sulfonamides is 1. The molecule has 15 heavy (non-hydrogen) atoms. The monoisotopic (exact) mass is 259 g/mol. The van der Waals surface area contributed by atoms with E-state index in [4.69, 9.17) is 0 Å². The number of nitrogens with one attached hydrogen (secondary N) is 1. The van der Waals surface area contributed by atoms with E-state index in [1.54, 1.807) is 0 Å². The van der Waals surface area contributed by atoms with Gasteiger partial charge in [0.1, 0.15) is 0 Å². The van der Waals surface area contributed by atoms with Gasteiger partial charge < -0.3 is 5.11 Å². The lowest BCUT2D eigenvalue weighted by molar-refractivity contribution is 0.167. The molecule has 0 saturated carbocycles. The Kier molecular flexibility index (Phi) is 5.71. The molecule has 0 aromatic heterocycles. The molecule has 0 radical (unpaired) electrons. The molecule has 1 atom stereocenters. The predicted molar refractivity (Wildman–Crippen MR) is 57.5 cm³/mol. The zero-order valence-corrected chi connectivity index (χ0v) is 10.4. The average Bonchev–Trinajstić information content (AvgIpc) is 1.97. The third-order valence-corrected chi connectivity index (χ3v) is 5.09. The number of sulfone groups is 1. The third-order valence-electron chi connectivity index (χ3n) is 1.53. The van der Waals surface area contributed by atoms with Crippen LogP contribution in [0.1, 0.15) is 19.8 Å². The summed E-state index contributed by atoms with van der Waals surface area (Å²) in [6.45, 7) is 1.71. The van der Waals surface area contributed by atoms with Crippen LogP contribution >= 0.6 is 0 Å². The Morgan fingerprint density at radius 1 is 1.27 bits per heavy atom. The van der Waals surface area contributed by atoms with E-state index in [1.165, 1.54) is 0 Å². The first-order chi connectivity index (χ1) is 6.66. The minimum Gasteiger partial charge on any atom is -0.392 e. The number of rotatable bonds is 7. The summed E-state index contributed by atoms with van der Waals surface area (Å²) in [7, 11) is -7.42. The van der Waals surface area contributed by atoms with Crippen molar-refractivity contribution in [3.05, 3.63) is 0 Å². The van der Waals surface area contributed by atoms with Crippen molar-refractivity contribution in [1.82, 2.24) is 4.72 Å². The van der Waals surface area contributed by atoms with Crippen LogP contribution in [0.4, 0.5) is 0 Å². The molecule has 0 aliphatic rings. The topological polar surface area (TPSA) is 101 Å². The Labute approximate surface area is 90.7 Å². The smallest absolute Gasteiger partial charge is 0.226 e. The molecule has 0 fully saturated rings. The van der Waals surface area contributed by atoms with Crippen LogP contribution in [0.15, 0.2) is 0 Å². The Balaban J connectivity index is 4.18. The maximum atomic E-state index is 11.2. The minimum absolute atomic E-state index is 0.147. The van der Waals surface area contributed by atoms with Crippen LogP contribution in [0.3, 0.4) is 0 Å². The van der Waals surface area contributed by atoms with Gasteiger partial charge in [0.05, 0.1) is 6.10 Å². The Morgan fingerprint density at radius 3 is 2.20 bits per heavy atom. The molecule has 0 bridgehead atoms. The van der Waals surface area contributed by atoms with Gasteiger partial charge >= 0.3 is 0 Å². The highest BCUT2D eigenvalue weighted by atomic mass is 32.3. The van der Waals surface area contributed by atoms with Gasteiger partial charge in [0, 0.05) is 12.8 Å². The number of aliphatic hydroxyl groups is 1. The van der Waals surface area contributed by atoms with E-state index in [-0.39, 0.29) is 6.54 Å². The van der Waals surface area contributed by atoms with Crippen LogP contribution in [-0.4, -0.2) is 45.9 Å². The molecular weight excluding hydrogens is 242 g/mol. The zero-order valence-electron chi connectivity index (χ0n) is 8.80. The first-order valence-electron chi connectivity index (χ1n) is 4.49. The summed E-state index contributed by atoms with van der Waals surface area (Å²) in [5.41, 5.74) is 0. The fourth-order valence-electron chi connectivity index (χ4n) is 0.982. The molecule has 0 aliphatic carbocycles. The Hall–Kier alpha value is -0.180. The lowest BCUT2D eigenvalue weighted by Crippen LogP contribution is -2.35. The van der Waals surface area contributed by atoms with Gasteiger partial charge in [-0.05, 0) is 6.42 Å². The molecule has 8 heteroatoms. The second-order valence-electron chi connectivity index (χ2n) is 3.45. The van der Waals surface area contributed by atoms with Crippen LogP contribution in [0.5, 0.6) is 0 Å². The number of hydrogen-bond donors (Lipinski definition) is 2. The van der Waals surface area contributed by atoms with E-state index < -0.39 is 31.0 Å². The highest BCUT2D eigenvalue weighted by Crippen LogP contribution is 1.97.